The fourth-order valence-corrected chi connectivity index (χ4v) is 5.12. The lowest BCUT2D eigenvalue weighted by molar-refractivity contribution is -0.146. The molecule has 1 aliphatic rings. The molecule has 3 aromatic rings. The molecule has 0 bridgehead atoms. The lowest BCUT2D eigenvalue weighted by Gasteiger charge is -2.40. The summed E-state index contributed by atoms with van der Waals surface area (Å²) in [7, 11) is 0. The molecule has 4 rings (SSSR count). The van der Waals surface area contributed by atoms with Gasteiger partial charge in [-0.15, -0.1) is 0 Å². The second-order valence-electron chi connectivity index (χ2n) is 13.7. The standard InChI is InChI=1S/C33H39FN2O4.C4H10O/c1-22(2)40-30(38)20-28-23(3)35-29(21-37)31(32(28)36-17-15-33(4,5)16-18-36)25-8-12-27(13-9-25)39-19-14-24-6-10-26(34)11-7-24;1-4(2,3)5/h6-13,21-22H,14-20H2,1-5H3;5H,1-3H3. The molecule has 0 radical (unpaired) electrons. The van der Waals surface area contributed by atoms with Gasteiger partial charge >= 0.3 is 5.97 Å². The summed E-state index contributed by atoms with van der Waals surface area (Å²) < 4.78 is 24.6. The number of rotatable bonds is 10. The van der Waals surface area contributed by atoms with Crippen molar-refractivity contribution in [2.24, 2.45) is 5.41 Å². The summed E-state index contributed by atoms with van der Waals surface area (Å²) in [5.41, 5.74) is 4.98. The highest BCUT2D eigenvalue weighted by Gasteiger charge is 2.31. The maximum absolute atomic E-state index is 13.2. The first-order valence-corrected chi connectivity index (χ1v) is 15.7. The number of anilines is 1. The monoisotopic (exact) mass is 620 g/mol. The van der Waals surface area contributed by atoms with Gasteiger partial charge in [-0.2, -0.15) is 0 Å². The number of ether oxygens (including phenoxy) is 2. The van der Waals surface area contributed by atoms with Gasteiger partial charge in [0, 0.05) is 36.3 Å². The van der Waals surface area contributed by atoms with Crippen LogP contribution in [0.2, 0.25) is 0 Å². The van der Waals surface area contributed by atoms with Gasteiger partial charge in [0.05, 0.1) is 30.4 Å². The molecular formula is C37H49FN2O5. The molecule has 0 aliphatic carbocycles. The van der Waals surface area contributed by atoms with Crippen molar-refractivity contribution in [3.63, 3.8) is 0 Å². The van der Waals surface area contributed by atoms with Crippen molar-refractivity contribution in [1.29, 1.82) is 0 Å². The molecule has 7 nitrogen and oxygen atoms in total. The van der Waals surface area contributed by atoms with Crippen molar-refractivity contribution < 1.29 is 28.6 Å². The smallest absolute Gasteiger partial charge is 0.310 e. The first-order valence-electron chi connectivity index (χ1n) is 15.7. The van der Waals surface area contributed by atoms with Crippen LogP contribution in [0.4, 0.5) is 10.1 Å². The van der Waals surface area contributed by atoms with E-state index < -0.39 is 5.60 Å². The molecule has 45 heavy (non-hydrogen) atoms. The predicted molar refractivity (Wildman–Crippen MR) is 178 cm³/mol. The van der Waals surface area contributed by atoms with E-state index in [-0.39, 0.29) is 29.7 Å². The first-order chi connectivity index (χ1) is 21.1. The van der Waals surface area contributed by atoms with Gasteiger partial charge in [0.1, 0.15) is 17.3 Å². The maximum atomic E-state index is 13.2. The molecule has 1 N–H and O–H groups in total. The number of aryl methyl sites for hydroxylation is 1. The Balaban J connectivity index is 0.00000102. The number of halogens is 1. The Morgan fingerprint density at radius 3 is 2.18 bits per heavy atom. The SMILES string of the molecule is CC(C)(C)O.Cc1nc(C=O)c(-c2ccc(OCCc3ccc(F)cc3)cc2)c(N2CCC(C)(C)CC2)c1CC(=O)OC(C)C. The topological polar surface area (TPSA) is 89.0 Å². The average Bonchev–Trinajstić information content (AvgIpc) is 2.94. The molecule has 0 saturated carbocycles. The van der Waals surface area contributed by atoms with Crippen molar-refractivity contribution in [2.45, 2.75) is 92.8 Å². The number of piperidine rings is 1. The van der Waals surface area contributed by atoms with E-state index in [9.17, 15) is 14.0 Å². The highest BCUT2D eigenvalue weighted by Crippen LogP contribution is 2.41. The van der Waals surface area contributed by atoms with E-state index in [0.29, 0.717) is 30.2 Å². The molecule has 0 unspecified atom stereocenters. The number of aromatic nitrogens is 1. The van der Waals surface area contributed by atoms with E-state index in [1.807, 2.05) is 45.0 Å². The summed E-state index contributed by atoms with van der Waals surface area (Å²) >= 11 is 0. The molecule has 0 amide bonds. The largest absolute Gasteiger partial charge is 0.493 e. The third-order valence-electron chi connectivity index (χ3n) is 7.45. The van der Waals surface area contributed by atoms with E-state index in [2.05, 4.69) is 23.7 Å². The van der Waals surface area contributed by atoms with Crippen LogP contribution in [0.1, 0.15) is 88.6 Å². The summed E-state index contributed by atoms with van der Waals surface area (Å²) in [5, 5.41) is 8.52. The number of benzene rings is 2. The molecule has 1 fully saturated rings. The van der Waals surface area contributed by atoms with E-state index in [1.165, 1.54) is 12.1 Å². The Kier molecular flexibility index (Phi) is 12.3. The Hall–Kier alpha value is -3.78. The minimum absolute atomic E-state index is 0.0863. The third-order valence-corrected chi connectivity index (χ3v) is 7.45. The molecule has 1 aliphatic heterocycles. The van der Waals surface area contributed by atoms with Crippen LogP contribution in [-0.2, 0) is 22.4 Å². The highest BCUT2D eigenvalue weighted by molar-refractivity contribution is 5.95. The second kappa shape index (κ2) is 15.5. The summed E-state index contributed by atoms with van der Waals surface area (Å²) in [6, 6.07) is 14.0. The highest BCUT2D eigenvalue weighted by atomic mass is 19.1. The first kappa shape index (κ1) is 35.7. The zero-order chi connectivity index (χ0) is 33.4. The van der Waals surface area contributed by atoms with Gasteiger partial charge in [0.2, 0.25) is 0 Å². The molecular weight excluding hydrogens is 571 g/mol. The normalized spacial score (nSPS) is 14.4. The van der Waals surface area contributed by atoms with Crippen LogP contribution in [0, 0.1) is 18.2 Å². The van der Waals surface area contributed by atoms with Crippen LogP contribution >= 0.6 is 0 Å². The quantitative estimate of drug-likeness (QED) is 0.185. The van der Waals surface area contributed by atoms with Gasteiger partial charge in [-0.05, 0) is 95.2 Å². The Labute approximate surface area is 267 Å². The summed E-state index contributed by atoms with van der Waals surface area (Å²) in [5.74, 6) is 0.127. The van der Waals surface area contributed by atoms with E-state index in [1.54, 1.807) is 32.9 Å². The fourth-order valence-electron chi connectivity index (χ4n) is 5.12. The number of aliphatic hydroxyl groups is 1. The van der Waals surface area contributed by atoms with Gasteiger partial charge in [-0.3, -0.25) is 9.59 Å². The van der Waals surface area contributed by atoms with Gasteiger partial charge in [0.25, 0.3) is 0 Å². The Morgan fingerprint density at radius 1 is 1.07 bits per heavy atom. The van der Waals surface area contributed by atoms with Crippen molar-refractivity contribution in [2.75, 3.05) is 24.6 Å². The van der Waals surface area contributed by atoms with Crippen molar-refractivity contribution in [3.8, 4) is 16.9 Å². The Bertz CT molecular complexity index is 1410. The van der Waals surface area contributed by atoms with E-state index in [0.717, 1.165) is 60.2 Å². The number of nitrogens with zero attached hydrogens (tertiary/aromatic N) is 2. The fraction of sp³-hybridized carbons (Fsp3) is 0.486. The molecule has 0 atom stereocenters. The van der Waals surface area contributed by atoms with Crippen LogP contribution in [0.15, 0.2) is 48.5 Å². The summed E-state index contributed by atoms with van der Waals surface area (Å²) in [6.07, 6.45) is 3.32. The van der Waals surface area contributed by atoms with Crippen LogP contribution in [0.3, 0.4) is 0 Å². The van der Waals surface area contributed by atoms with Gasteiger partial charge in [-0.25, -0.2) is 9.37 Å². The number of esters is 1. The van der Waals surface area contributed by atoms with Crippen LogP contribution < -0.4 is 9.64 Å². The molecule has 2 heterocycles. The number of hydrogen-bond acceptors (Lipinski definition) is 7. The molecule has 244 valence electrons. The summed E-state index contributed by atoms with van der Waals surface area (Å²) in [4.78, 5) is 32.1. The lowest BCUT2D eigenvalue weighted by atomic mass is 9.82. The second-order valence-corrected chi connectivity index (χ2v) is 13.7. The van der Waals surface area contributed by atoms with Gasteiger partial charge in [0.15, 0.2) is 6.29 Å². The number of carbonyl (C=O) groups excluding carboxylic acids is 2. The number of pyridine rings is 1. The predicted octanol–water partition coefficient (Wildman–Crippen LogP) is 7.53. The van der Waals surface area contributed by atoms with Crippen molar-refractivity contribution >= 4 is 17.9 Å². The molecule has 2 aromatic carbocycles. The number of hydrogen-bond donors (Lipinski definition) is 1. The number of carbonyl (C=O) groups is 2. The average molecular weight is 621 g/mol. The van der Waals surface area contributed by atoms with Crippen molar-refractivity contribution in [3.05, 3.63) is 76.9 Å². The zero-order valence-corrected chi connectivity index (χ0v) is 28.1. The van der Waals surface area contributed by atoms with E-state index >= 15 is 0 Å². The maximum Gasteiger partial charge on any atom is 0.310 e. The lowest BCUT2D eigenvalue weighted by Crippen LogP contribution is -2.38. The van der Waals surface area contributed by atoms with Gasteiger partial charge < -0.3 is 19.5 Å². The molecule has 1 saturated heterocycles. The zero-order valence-electron chi connectivity index (χ0n) is 28.1. The molecule has 8 heteroatoms. The van der Waals surface area contributed by atoms with Crippen LogP contribution in [0.25, 0.3) is 11.1 Å². The minimum Gasteiger partial charge on any atom is -0.493 e. The van der Waals surface area contributed by atoms with Crippen LogP contribution in [0.5, 0.6) is 5.75 Å². The minimum atomic E-state index is -0.500. The van der Waals surface area contributed by atoms with Crippen molar-refractivity contribution in [1.82, 2.24) is 4.98 Å². The van der Waals surface area contributed by atoms with Gasteiger partial charge in [-0.1, -0.05) is 38.1 Å². The summed E-state index contributed by atoms with van der Waals surface area (Å²) in [6.45, 7) is 17.4. The van der Waals surface area contributed by atoms with Crippen LogP contribution in [-0.4, -0.2) is 53.7 Å². The molecule has 1 aromatic heterocycles. The van der Waals surface area contributed by atoms with E-state index in [4.69, 9.17) is 14.6 Å². The molecule has 0 spiro atoms. The Morgan fingerprint density at radius 2 is 1.64 bits per heavy atom. The third kappa shape index (κ3) is 11.3. The number of aldehydes is 1.